The van der Waals surface area contributed by atoms with Gasteiger partial charge < -0.3 is 29.1 Å². The van der Waals surface area contributed by atoms with Crippen LogP contribution in [0.5, 0.6) is 17.2 Å². The van der Waals surface area contributed by atoms with Gasteiger partial charge in [0, 0.05) is 11.3 Å². The zero-order valence-electron chi connectivity index (χ0n) is 14.5. The lowest BCUT2D eigenvalue weighted by Gasteiger charge is -2.11. The van der Waals surface area contributed by atoms with Crippen LogP contribution in [0.3, 0.4) is 0 Å². The van der Waals surface area contributed by atoms with Crippen molar-refractivity contribution in [3.05, 3.63) is 59.9 Å². The second kappa shape index (κ2) is 7.05. The lowest BCUT2D eigenvalue weighted by atomic mass is 10.1. The zero-order valence-corrected chi connectivity index (χ0v) is 14.5. The Morgan fingerprint density at radius 2 is 1.96 bits per heavy atom. The van der Waals surface area contributed by atoms with Gasteiger partial charge in [-0.3, -0.25) is 4.79 Å². The largest absolute Gasteiger partial charge is 0.496 e. The molecule has 4 rings (SSSR count). The number of anilines is 1. The summed E-state index contributed by atoms with van der Waals surface area (Å²) in [5.74, 6) is 2.47. The van der Waals surface area contributed by atoms with E-state index in [1.54, 1.807) is 55.6 Å². The number of aliphatic hydroxyl groups excluding tert-OH is 1. The highest BCUT2D eigenvalue weighted by Crippen LogP contribution is 2.35. The number of carbonyl (C=O) groups excluding carboxylic acids is 1. The Labute approximate surface area is 155 Å². The summed E-state index contributed by atoms with van der Waals surface area (Å²) in [5.41, 5.74) is 1.70. The number of nitrogens with one attached hydrogen (secondary N) is 1. The van der Waals surface area contributed by atoms with Crippen LogP contribution in [0.25, 0.3) is 11.3 Å². The van der Waals surface area contributed by atoms with Gasteiger partial charge in [0.05, 0.1) is 12.7 Å². The minimum absolute atomic E-state index is 0.154. The van der Waals surface area contributed by atoms with Crippen LogP contribution in [0.15, 0.2) is 52.9 Å². The van der Waals surface area contributed by atoms with E-state index in [4.69, 9.17) is 18.6 Å². The smallest absolute Gasteiger partial charge is 0.255 e. The van der Waals surface area contributed by atoms with Crippen molar-refractivity contribution in [2.24, 2.45) is 0 Å². The summed E-state index contributed by atoms with van der Waals surface area (Å²) in [5, 5.41) is 12.0. The standard InChI is InChI=1S/C20H17NO6/c1-24-16-6-3-13(9-15(16)17-7-4-14(10-22)27-17)21-20(23)12-2-5-18-19(8-12)26-11-25-18/h2-9,22H,10-11H2,1H3,(H,21,23). The molecule has 0 aliphatic carbocycles. The number of carbonyl (C=O) groups is 1. The quantitative estimate of drug-likeness (QED) is 0.718. The minimum atomic E-state index is -0.278. The van der Waals surface area contributed by atoms with Crippen LogP contribution in [0, 0.1) is 0 Å². The van der Waals surface area contributed by atoms with E-state index in [0.29, 0.717) is 45.6 Å². The Morgan fingerprint density at radius 1 is 1.11 bits per heavy atom. The molecule has 0 bridgehead atoms. The van der Waals surface area contributed by atoms with Gasteiger partial charge >= 0.3 is 0 Å². The predicted octanol–water partition coefficient (Wildman–Crippen LogP) is 3.43. The van der Waals surface area contributed by atoms with Gasteiger partial charge in [-0.05, 0) is 48.5 Å². The highest BCUT2D eigenvalue weighted by molar-refractivity contribution is 6.05. The number of rotatable bonds is 5. The van der Waals surface area contributed by atoms with Crippen LogP contribution >= 0.6 is 0 Å². The Morgan fingerprint density at radius 3 is 2.74 bits per heavy atom. The fraction of sp³-hybridized carbons (Fsp3) is 0.150. The van der Waals surface area contributed by atoms with E-state index in [0.717, 1.165) is 0 Å². The number of methoxy groups -OCH3 is 1. The molecule has 27 heavy (non-hydrogen) atoms. The average Bonchev–Trinajstić information content (AvgIpc) is 3.36. The predicted molar refractivity (Wildman–Crippen MR) is 97.1 cm³/mol. The molecule has 138 valence electrons. The van der Waals surface area contributed by atoms with E-state index in [1.807, 2.05) is 0 Å². The van der Waals surface area contributed by atoms with Crippen molar-refractivity contribution in [3.63, 3.8) is 0 Å². The van der Waals surface area contributed by atoms with Gasteiger partial charge in [-0.25, -0.2) is 0 Å². The van der Waals surface area contributed by atoms with Crippen molar-refractivity contribution >= 4 is 11.6 Å². The van der Waals surface area contributed by atoms with E-state index >= 15 is 0 Å². The van der Waals surface area contributed by atoms with Crippen molar-refractivity contribution in [2.75, 3.05) is 19.2 Å². The molecule has 7 heteroatoms. The number of fused-ring (bicyclic) bond motifs is 1. The molecule has 0 unspecified atom stereocenters. The molecule has 0 spiro atoms. The van der Waals surface area contributed by atoms with Gasteiger partial charge in [0.25, 0.3) is 5.91 Å². The first kappa shape index (κ1) is 17.0. The molecule has 0 fully saturated rings. The lowest BCUT2D eigenvalue weighted by molar-refractivity contribution is 0.102. The molecule has 0 saturated heterocycles. The molecule has 0 atom stereocenters. The van der Waals surface area contributed by atoms with Crippen molar-refractivity contribution < 1.29 is 28.5 Å². The topological polar surface area (TPSA) is 90.2 Å². The van der Waals surface area contributed by atoms with Crippen molar-refractivity contribution in [3.8, 4) is 28.6 Å². The van der Waals surface area contributed by atoms with Crippen LogP contribution in [-0.2, 0) is 6.61 Å². The third kappa shape index (κ3) is 3.32. The fourth-order valence-corrected chi connectivity index (χ4v) is 2.83. The van der Waals surface area contributed by atoms with E-state index in [-0.39, 0.29) is 19.3 Å². The molecule has 2 N–H and O–H groups in total. The molecule has 2 aromatic carbocycles. The number of benzene rings is 2. The normalized spacial score (nSPS) is 12.1. The highest BCUT2D eigenvalue weighted by Gasteiger charge is 2.17. The Kier molecular flexibility index (Phi) is 4.43. The molecule has 2 heterocycles. The van der Waals surface area contributed by atoms with Crippen molar-refractivity contribution in [2.45, 2.75) is 6.61 Å². The first-order valence-corrected chi connectivity index (χ1v) is 8.27. The molecule has 1 amide bonds. The number of hydrogen-bond donors (Lipinski definition) is 2. The van der Waals surface area contributed by atoms with Crippen LogP contribution in [0.4, 0.5) is 5.69 Å². The molecule has 1 aliphatic heterocycles. The second-order valence-electron chi connectivity index (χ2n) is 5.86. The number of amides is 1. The third-order valence-electron chi connectivity index (χ3n) is 4.18. The minimum Gasteiger partial charge on any atom is -0.496 e. The van der Waals surface area contributed by atoms with Gasteiger partial charge in [0.2, 0.25) is 6.79 Å². The molecular formula is C20H17NO6. The van der Waals surface area contributed by atoms with E-state index < -0.39 is 0 Å². The third-order valence-corrected chi connectivity index (χ3v) is 4.18. The first-order chi connectivity index (χ1) is 13.2. The van der Waals surface area contributed by atoms with Crippen molar-refractivity contribution in [1.82, 2.24) is 0 Å². The summed E-state index contributed by atoms with van der Waals surface area (Å²) in [7, 11) is 1.56. The molecular weight excluding hydrogens is 350 g/mol. The van der Waals surface area contributed by atoms with Gasteiger partial charge in [0.1, 0.15) is 23.9 Å². The number of ether oxygens (including phenoxy) is 3. The van der Waals surface area contributed by atoms with Crippen LogP contribution in [0.1, 0.15) is 16.1 Å². The molecule has 0 saturated carbocycles. The zero-order chi connectivity index (χ0) is 18.8. The summed E-state index contributed by atoms with van der Waals surface area (Å²) in [6.45, 7) is -0.0376. The van der Waals surface area contributed by atoms with Crippen molar-refractivity contribution in [1.29, 1.82) is 0 Å². The van der Waals surface area contributed by atoms with Crippen LogP contribution in [-0.4, -0.2) is 24.9 Å². The van der Waals surface area contributed by atoms with E-state index in [9.17, 15) is 9.90 Å². The van der Waals surface area contributed by atoms with Gasteiger partial charge in [-0.15, -0.1) is 0 Å². The molecule has 7 nitrogen and oxygen atoms in total. The Hall–Kier alpha value is -3.45. The Balaban J connectivity index is 1.60. The molecule has 1 aromatic heterocycles. The molecule has 1 aliphatic rings. The van der Waals surface area contributed by atoms with E-state index in [2.05, 4.69) is 5.32 Å². The fourth-order valence-electron chi connectivity index (χ4n) is 2.83. The average molecular weight is 367 g/mol. The number of hydrogen-bond acceptors (Lipinski definition) is 6. The summed E-state index contributed by atoms with van der Waals surface area (Å²) in [6.07, 6.45) is 0. The highest BCUT2D eigenvalue weighted by atomic mass is 16.7. The summed E-state index contributed by atoms with van der Waals surface area (Å²) >= 11 is 0. The van der Waals surface area contributed by atoms with Gasteiger partial charge in [-0.1, -0.05) is 0 Å². The SMILES string of the molecule is COc1ccc(NC(=O)c2ccc3c(c2)OCO3)cc1-c1ccc(CO)o1. The lowest BCUT2D eigenvalue weighted by Crippen LogP contribution is -2.11. The number of furan rings is 1. The Bertz CT molecular complexity index is 994. The number of aliphatic hydroxyl groups is 1. The van der Waals surface area contributed by atoms with E-state index in [1.165, 1.54) is 0 Å². The van der Waals surface area contributed by atoms with Gasteiger partial charge in [0.15, 0.2) is 11.5 Å². The second-order valence-corrected chi connectivity index (χ2v) is 5.86. The van der Waals surface area contributed by atoms with Crippen LogP contribution in [0.2, 0.25) is 0 Å². The monoisotopic (exact) mass is 367 g/mol. The maximum atomic E-state index is 12.6. The first-order valence-electron chi connectivity index (χ1n) is 8.27. The molecule has 3 aromatic rings. The van der Waals surface area contributed by atoms with Gasteiger partial charge in [-0.2, -0.15) is 0 Å². The summed E-state index contributed by atoms with van der Waals surface area (Å²) in [4.78, 5) is 12.6. The maximum Gasteiger partial charge on any atom is 0.255 e. The van der Waals surface area contributed by atoms with Crippen LogP contribution < -0.4 is 19.5 Å². The summed E-state index contributed by atoms with van der Waals surface area (Å²) < 4.78 is 21.5. The molecule has 0 radical (unpaired) electrons. The maximum absolute atomic E-state index is 12.6. The summed E-state index contributed by atoms with van der Waals surface area (Å²) in [6, 6.07) is 13.7.